The lowest BCUT2D eigenvalue weighted by atomic mass is 10.2. The van der Waals surface area contributed by atoms with E-state index in [4.69, 9.17) is 0 Å². The number of hydrogen-bond acceptors (Lipinski definition) is 3. The van der Waals surface area contributed by atoms with Crippen LogP contribution in [-0.2, 0) is 4.79 Å². The van der Waals surface area contributed by atoms with Gasteiger partial charge in [-0.1, -0.05) is 6.07 Å². The third-order valence-corrected chi connectivity index (χ3v) is 3.74. The van der Waals surface area contributed by atoms with Crippen LogP contribution in [0, 0.1) is 0 Å². The number of amides is 1. The van der Waals surface area contributed by atoms with Crippen molar-refractivity contribution in [2.75, 3.05) is 20.1 Å². The van der Waals surface area contributed by atoms with Gasteiger partial charge in [0.15, 0.2) is 0 Å². The average Bonchev–Trinajstić information content (AvgIpc) is 2.90. The Labute approximate surface area is 94.1 Å². The highest BCUT2D eigenvalue weighted by Gasteiger charge is 2.29. The summed E-state index contributed by atoms with van der Waals surface area (Å²) in [5, 5.41) is 4.79. The third kappa shape index (κ3) is 2.21. The molecule has 1 unspecified atom stereocenters. The van der Waals surface area contributed by atoms with Gasteiger partial charge in [0.1, 0.15) is 6.04 Å². The van der Waals surface area contributed by atoms with Crippen molar-refractivity contribution in [3.05, 3.63) is 22.4 Å². The summed E-state index contributed by atoms with van der Waals surface area (Å²) in [5.74, 6) is 0.111. The molecule has 82 valence electrons. The Morgan fingerprint density at radius 1 is 1.53 bits per heavy atom. The summed E-state index contributed by atoms with van der Waals surface area (Å²) in [7, 11) is 1.71. The molecule has 0 bridgehead atoms. The van der Waals surface area contributed by atoms with Crippen LogP contribution in [0.4, 0.5) is 0 Å². The van der Waals surface area contributed by atoms with Crippen LogP contribution in [0.1, 0.15) is 23.8 Å². The van der Waals surface area contributed by atoms with Crippen LogP contribution in [-0.4, -0.2) is 30.9 Å². The number of likely N-dealkylation sites (N-methyl/N-ethyl adjacent to an activating group) is 1. The van der Waals surface area contributed by atoms with Crippen LogP contribution in [0.5, 0.6) is 0 Å². The average molecular weight is 224 g/mol. The number of carbonyl (C=O) groups is 1. The van der Waals surface area contributed by atoms with E-state index in [0.717, 1.165) is 18.0 Å². The number of hydrogen-bond donors (Lipinski definition) is 1. The van der Waals surface area contributed by atoms with E-state index < -0.39 is 0 Å². The molecule has 1 N–H and O–H groups in total. The SMILES string of the molecule is CNC(=O)C(c1cccs1)N1CCCC1. The minimum atomic E-state index is -0.0718. The molecule has 2 heterocycles. The highest BCUT2D eigenvalue weighted by Crippen LogP contribution is 2.28. The second kappa shape index (κ2) is 4.77. The molecule has 2 rings (SSSR count). The van der Waals surface area contributed by atoms with Crippen molar-refractivity contribution in [2.45, 2.75) is 18.9 Å². The van der Waals surface area contributed by atoms with E-state index in [1.807, 2.05) is 17.5 Å². The van der Waals surface area contributed by atoms with E-state index in [1.54, 1.807) is 18.4 Å². The van der Waals surface area contributed by atoms with E-state index in [2.05, 4.69) is 10.2 Å². The topological polar surface area (TPSA) is 32.3 Å². The summed E-state index contributed by atoms with van der Waals surface area (Å²) in [6.07, 6.45) is 2.41. The first-order valence-electron chi connectivity index (χ1n) is 5.32. The van der Waals surface area contributed by atoms with Gasteiger partial charge in [-0.3, -0.25) is 9.69 Å². The largest absolute Gasteiger partial charge is 0.357 e. The Hall–Kier alpha value is -0.870. The molecule has 0 aliphatic carbocycles. The molecule has 4 heteroatoms. The molecule has 1 aliphatic heterocycles. The fraction of sp³-hybridized carbons (Fsp3) is 0.545. The van der Waals surface area contributed by atoms with Gasteiger partial charge >= 0.3 is 0 Å². The standard InChI is InChI=1S/C11H16N2OS/c1-12-11(14)10(9-5-4-8-15-9)13-6-2-3-7-13/h4-5,8,10H,2-3,6-7H2,1H3,(H,12,14). The van der Waals surface area contributed by atoms with Gasteiger partial charge in [-0.05, 0) is 37.4 Å². The Morgan fingerprint density at radius 3 is 2.80 bits per heavy atom. The highest BCUT2D eigenvalue weighted by atomic mass is 32.1. The summed E-state index contributed by atoms with van der Waals surface area (Å²) in [5.41, 5.74) is 0. The predicted molar refractivity (Wildman–Crippen MR) is 61.9 cm³/mol. The lowest BCUT2D eigenvalue weighted by molar-refractivity contribution is -0.125. The number of likely N-dealkylation sites (tertiary alicyclic amines) is 1. The minimum absolute atomic E-state index is 0.0718. The predicted octanol–water partition coefficient (Wildman–Crippen LogP) is 1.63. The normalized spacial score (nSPS) is 19.0. The van der Waals surface area contributed by atoms with Gasteiger partial charge in [-0.2, -0.15) is 0 Å². The smallest absolute Gasteiger partial charge is 0.242 e. The quantitative estimate of drug-likeness (QED) is 0.846. The van der Waals surface area contributed by atoms with Crippen LogP contribution in [0.15, 0.2) is 17.5 Å². The van der Waals surface area contributed by atoms with Crippen LogP contribution in [0.25, 0.3) is 0 Å². The lowest BCUT2D eigenvalue weighted by Gasteiger charge is -2.24. The molecule has 0 spiro atoms. The summed E-state index contributed by atoms with van der Waals surface area (Å²) in [4.78, 5) is 15.3. The maximum absolute atomic E-state index is 11.9. The van der Waals surface area contributed by atoms with Gasteiger partial charge in [-0.15, -0.1) is 11.3 Å². The first-order chi connectivity index (χ1) is 7.33. The molecule has 3 nitrogen and oxygen atoms in total. The molecule has 0 aromatic carbocycles. The number of carbonyl (C=O) groups excluding carboxylic acids is 1. The van der Waals surface area contributed by atoms with E-state index in [1.165, 1.54) is 12.8 Å². The van der Waals surface area contributed by atoms with E-state index in [-0.39, 0.29) is 11.9 Å². The van der Waals surface area contributed by atoms with Crippen molar-refractivity contribution in [1.82, 2.24) is 10.2 Å². The number of nitrogens with one attached hydrogen (secondary N) is 1. The van der Waals surface area contributed by atoms with Gasteiger partial charge in [0.05, 0.1) is 0 Å². The second-order valence-electron chi connectivity index (χ2n) is 3.78. The third-order valence-electron chi connectivity index (χ3n) is 2.81. The van der Waals surface area contributed by atoms with Gasteiger partial charge in [0.25, 0.3) is 0 Å². The lowest BCUT2D eigenvalue weighted by Crippen LogP contribution is -2.37. The fourth-order valence-electron chi connectivity index (χ4n) is 2.06. The Morgan fingerprint density at radius 2 is 2.27 bits per heavy atom. The van der Waals surface area contributed by atoms with Gasteiger partial charge in [0.2, 0.25) is 5.91 Å². The van der Waals surface area contributed by atoms with Crippen LogP contribution in [0.3, 0.4) is 0 Å². The van der Waals surface area contributed by atoms with E-state index >= 15 is 0 Å². The monoisotopic (exact) mass is 224 g/mol. The molecule has 1 atom stereocenters. The first kappa shape index (κ1) is 10.6. The van der Waals surface area contributed by atoms with Crippen molar-refractivity contribution in [3.63, 3.8) is 0 Å². The maximum Gasteiger partial charge on any atom is 0.242 e. The molecular weight excluding hydrogens is 208 g/mol. The zero-order valence-electron chi connectivity index (χ0n) is 8.90. The maximum atomic E-state index is 11.9. The molecule has 0 saturated carbocycles. The molecule has 0 radical (unpaired) electrons. The fourth-order valence-corrected chi connectivity index (χ4v) is 2.91. The van der Waals surface area contributed by atoms with Crippen LogP contribution in [0.2, 0.25) is 0 Å². The molecular formula is C11H16N2OS. The van der Waals surface area contributed by atoms with Crippen LogP contribution < -0.4 is 5.32 Å². The van der Waals surface area contributed by atoms with Gasteiger partial charge in [0, 0.05) is 11.9 Å². The minimum Gasteiger partial charge on any atom is -0.357 e. The van der Waals surface area contributed by atoms with Crippen LogP contribution >= 0.6 is 11.3 Å². The van der Waals surface area contributed by atoms with E-state index in [9.17, 15) is 4.79 Å². The molecule has 15 heavy (non-hydrogen) atoms. The molecule has 1 fully saturated rings. The molecule has 1 aromatic rings. The Bertz CT molecular complexity index is 317. The van der Waals surface area contributed by atoms with Crippen molar-refractivity contribution < 1.29 is 4.79 Å². The molecule has 1 aromatic heterocycles. The van der Waals surface area contributed by atoms with Gasteiger partial charge < -0.3 is 5.32 Å². The number of rotatable bonds is 3. The first-order valence-corrected chi connectivity index (χ1v) is 6.20. The summed E-state index contributed by atoms with van der Waals surface area (Å²) in [6, 6.07) is 3.98. The summed E-state index contributed by atoms with van der Waals surface area (Å²) >= 11 is 1.66. The van der Waals surface area contributed by atoms with E-state index in [0.29, 0.717) is 0 Å². The Balaban J connectivity index is 2.19. The summed E-state index contributed by atoms with van der Waals surface area (Å²) in [6.45, 7) is 2.08. The Kier molecular flexibility index (Phi) is 3.38. The van der Waals surface area contributed by atoms with Crippen molar-refractivity contribution in [1.29, 1.82) is 0 Å². The summed E-state index contributed by atoms with van der Waals surface area (Å²) < 4.78 is 0. The molecule has 1 saturated heterocycles. The van der Waals surface area contributed by atoms with Crippen molar-refractivity contribution >= 4 is 17.2 Å². The van der Waals surface area contributed by atoms with Crippen molar-refractivity contribution in [3.8, 4) is 0 Å². The van der Waals surface area contributed by atoms with Gasteiger partial charge in [-0.25, -0.2) is 0 Å². The zero-order valence-corrected chi connectivity index (χ0v) is 9.72. The highest BCUT2D eigenvalue weighted by molar-refractivity contribution is 7.10. The number of thiophene rings is 1. The molecule has 1 aliphatic rings. The molecule has 1 amide bonds. The second-order valence-corrected chi connectivity index (χ2v) is 4.75. The number of nitrogens with zero attached hydrogens (tertiary/aromatic N) is 1. The van der Waals surface area contributed by atoms with Crippen molar-refractivity contribution in [2.24, 2.45) is 0 Å². The zero-order chi connectivity index (χ0) is 10.7.